The number of cyclic esters (lactones) is 1. The van der Waals surface area contributed by atoms with Gasteiger partial charge in [-0.25, -0.2) is 24.2 Å². The zero-order chi connectivity index (χ0) is 52.7. The smallest absolute Gasteiger partial charge is 0.329 e. The lowest BCUT2D eigenvalue weighted by Crippen LogP contribution is -2.57. The van der Waals surface area contributed by atoms with Crippen LogP contribution in [0.25, 0.3) is 21.3 Å². The number of rotatable bonds is 12. The molecule has 2 saturated heterocycles. The lowest BCUT2D eigenvalue weighted by molar-refractivity contribution is -0.177. The van der Waals surface area contributed by atoms with E-state index in [0.717, 1.165) is 15.1 Å². The van der Waals surface area contributed by atoms with Crippen molar-refractivity contribution in [3.63, 3.8) is 0 Å². The van der Waals surface area contributed by atoms with Gasteiger partial charge in [-0.3, -0.25) is 19.3 Å². The van der Waals surface area contributed by atoms with Gasteiger partial charge >= 0.3 is 18.0 Å². The van der Waals surface area contributed by atoms with E-state index in [0.29, 0.717) is 39.0 Å². The number of nitrogens with zero attached hydrogens (tertiary/aromatic N) is 6. The number of ether oxygens (including phenoxy) is 3. The summed E-state index contributed by atoms with van der Waals surface area (Å²) in [4.78, 5) is 84.8. The highest BCUT2D eigenvalue weighted by molar-refractivity contribution is 7.22. The predicted octanol–water partition coefficient (Wildman–Crippen LogP) is 7.68. The molecule has 0 radical (unpaired) electrons. The first-order valence-corrected chi connectivity index (χ1v) is 25.6. The maximum absolute atomic E-state index is 16.8. The molecule has 3 N–H and O–H groups in total. The Balaban J connectivity index is 1.18. The fourth-order valence-electron chi connectivity index (χ4n) is 11.1. The number of methoxy groups -OCH3 is 1. The van der Waals surface area contributed by atoms with Crippen molar-refractivity contribution >= 4 is 73.2 Å². The summed E-state index contributed by atoms with van der Waals surface area (Å²) >= 11 is 1.23. The van der Waals surface area contributed by atoms with Crippen molar-refractivity contribution in [3.8, 4) is 17.6 Å². The van der Waals surface area contributed by atoms with E-state index in [2.05, 4.69) is 32.8 Å². The number of para-hydroxylation sites is 2. The van der Waals surface area contributed by atoms with Crippen molar-refractivity contribution < 1.29 is 43.3 Å². The van der Waals surface area contributed by atoms with E-state index >= 15 is 19.2 Å². The van der Waals surface area contributed by atoms with Crippen LogP contribution < -0.4 is 20.3 Å². The number of hydrogen-bond acceptors (Lipinski definition) is 14. The third kappa shape index (κ3) is 8.57. The minimum atomic E-state index is -2.17. The summed E-state index contributed by atoms with van der Waals surface area (Å²) in [7, 11) is 1.21. The first-order chi connectivity index (χ1) is 37.0. The molecule has 2 fully saturated rings. The van der Waals surface area contributed by atoms with Gasteiger partial charge < -0.3 is 30.0 Å². The summed E-state index contributed by atoms with van der Waals surface area (Å²) in [5.74, 6) is 1.61. The second kappa shape index (κ2) is 20.5. The quantitative estimate of drug-likeness (QED) is 0.0794. The molecule has 7 atom stereocenters. The van der Waals surface area contributed by atoms with Crippen LogP contribution >= 0.6 is 11.3 Å². The van der Waals surface area contributed by atoms with Crippen molar-refractivity contribution in [2.45, 2.75) is 56.1 Å². The normalized spacial score (nSPS) is 21.2. The van der Waals surface area contributed by atoms with Gasteiger partial charge in [-0.2, -0.15) is 0 Å². The highest BCUT2D eigenvalue weighted by Crippen LogP contribution is 2.66. The Morgan fingerprint density at radius 3 is 2.24 bits per heavy atom. The average molecular weight is 1040 g/mol. The van der Waals surface area contributed by atoms with E-state index in [4.69, 9.17) is 19.2 Å². The van der Waals surface area contributed by atoms with Gasteiger partial charge in [0.25, 0.3) is 0 Å². The van der Waals surface area contributed by atoms with E-state index in [1.54, 1.807) is 61.0 Å². The number of anilines is 2. The average Bonchev–Trinajstić information content (AvgIpc) is 4.37. The third-order valence-corrected chi connectivity index (χ3v) is 15.3. The van der Waals surface area contributed by atoms with Crippen LogP contribution in [0.2, 0.25) is 0 Å². The lowest BCUT2D eigenvalue weighted by atomic mass is 9.65. The number of morpholine rings is 1. The van der Waals surface area contributed by atoms with Crippen LogP contribution in [0.3, 0.4) is 0 Å². The first kappa shape index (κ1) is 49.5. The lowest BCUT2D eigenvalue weighted by Gasteiger charge is -2.46. The van der Waals surface area contributed by atoms with Crippen LogP contribution in [0.4, 0.5) is 15.6 Å². The Morgan fingerprint density at radius 2 is 1.53 bits per heavy atom. The van der Waals surface area contributed by atoms with Gasteiger partial charge in [-0.05, 0) is 82.8 Å². The number of aliphatic hydroxyl groups excluding tert-OH is 1. The topological polar surface area (TPSA) is 207 Å². The molecule has 2 aromatic heterocycles. The molecule has 0 aliphatic carbocycles. The number of fused-ring (bicyclic) bond motifs is 5. The maximum Gasteiger partial charge on any atom is 0.329 e. The van der Waals surface area contributed by atoms with Crippen molar-refractivity contribution in [2.24, 2.45) is 11.8 Å². The van der Waals surface area contributed by atoms with Crippen LogP contribution in [0, 0.1) is 23.7 Å². The van der Waals surface area contributed by atoms with Crippen molar-refractivity contribution in [3.05, 3.63) is 179 Å². The summed E-state index contributed by atoms with van der Waals surface area (Å²) in [5.41, 5.74) is 2.50. The van der Waals surface area contributed by atoms with Crippen molar-refractivity contribution in [1.29, 1.82) is 0 Å². The number of carbonyl (C=O) groups excluding carboxylic acids is 5. The number of urea groups is 1. The van der Waals surface area contributed by atoms with Crippen LogP contribution in [0.1, 0.15) is 59.9 Å². The zero-order valence-corrected chi connectivity index (χ0v) is 42.2. The molecule has 0 saturated carbocycles. The summed E-state index contributed by atoms with van der Waals surface area (Å²) in [6, 6.07) is 39.7. The second-order valence-corrected chi connectivity index (χ2v) is 20.0. The summed E-state index contributed by atoms with van der Waals surface area (Å²) in [6.45, 7) is 3.37. The minimum absolute atomic E-state index is 0.00538. The monoisotopic (exact) mass is 1030 g/mol. The molecule has 18 heteroatoms. The molecule has 1 spiro atoms. The number of aromatic nitrogens is 4. The number of carbonyl (C=O) groups is 5. The molecule has 382 valence electrons. The van der Waals surface area contributed by atoms with Crippen LogP contribution in [-0.4, -0.2) is 92.2 Å². The standard InChI is InChI=1S/C58H50N8O9S/c1-34(2)47(53(69)73-3)60-57(72)65-43-29-24-35(15-14-30-64-44-22-12-10-20-41(44)62-63-64)33-40(43)58(55(65)71)46(52(68)61-56-59-42-21-11-13-23-45(42)76-56)49-54(70)75-50(37-18-8-5-9-19-37)48(36-16-6-4-7-17-36)66(49)51(58)38-25-27-39(28-26-38)74-32-31-67/h4-13,16-29,33-34,46-51,67H,30-32H2,1-3H3,(H,60,72)(H,59,61,68)/t46-,47+,48-,49-,50+,51+,58-/m1/s1. The molecule has 0 unspecified atom stereocenters. The summed E-state index contributed by atoms with van der Waals surface area (Å²) < 4.78 is 20.0. The molecule has 11 rings (SSSR count). The van der Waals surface area contributed by atoms with Crippen molar-refractivity contribution in [2.75, 3.05) is 30.5 Å². The van der Waals surface area contributed by atoms with Crippen LogP contribution in [-0.2, 0) is 40.6 Å². The summed E-state index contributed by atoms with van der Waals surface area (Å²) in [6.07, 6.45) is -0.975. The SMILES string of the molecule is COC(=O)[C@@H](NC(=O)N1C(=O)[C@@]2(c3cc(C#CCn4nnc5ccccc54)ccc31)[C@H](c1ccc(OCCO)cc1)N1[C@H](c3ccccc3)[C@H](c3ccccc3)OC(=O)[C@H]1[C@@H]2C(=O)Nc1nc2ccccc2s1)C(C)C. The van der Waals surface area contributed by atoms with E-state index in [1.807, 2.05) is 114 Å². The molecule has 8 aromatic rings. The van der Waals surface area contributed by atoms with Gasteiger partial charge in [0, 0.05) is 5.56 Å². The molecular formula is C58H50N8O9S. The number of esters is 2. The van der Waals surface area contributed by atoms with E-state index in [1.165, 1.54) is 18.4 Å². The Labute approximate surface area is 440 Å². The number of hydrogen-bond donors (Lipinski definition) is 3. The molecule has 0 bridgehead atoms. The second-order valence-electron chi connectivity index (χ2n) is 19.0. The van der Waals surface area contributed by atoms with Gasteiger partial charge in [0.05, 0.1) is 53.1 Å². The molecule has 3 aliphatic rings. The van der Waals surface area contributed by atoms with Gasteiger partial charge in [-0.1, -0.05) is 139 Å². The summed E-state index contributed by atoms with van der Waals surface area (Å²) in [5, 5.41) is 24.3. The predicted molar refractivity (Wildman–Crippen MR) is 283 cm³/mol. The Hall–Kier alpha value is -8.76. The Kier molecular flexibility index (Phi) is 13.3. The van der Waals surface area contributed by atoms with Crippen molar-refractivity contribution in [1.82, 2.24) is 30.2 Å². The number of amides is 4. The molecule has 4 amide bonds. The van der Waals surface area contributed by atoms with E-state index in [-0.39, 0.29) is 36.1 Å². The van der Waals surface area contributed by atoms with Crippen LogP contribution in [0.15, 0.2) is 152 Å². The third-order valence-electron chi connectivity index (χ3n) is 14.3. The number of imide groups is 1. The Morgan fingerprint density at radius 1 is 0.829 bits per heavy atom. The first-order valence-electron chi connectivity index (χ1n) is 24.7. The van der Waals surface area contributed by atoms with E-state index in [9.17, 15) is 9.90 Å². The maximum atomic E-state index is 16.8. The largest absolute Gasteiger partial charge is 0.491 e. The fraction of sp³-hybridized carbons (Fsp3) is 0.241. The number of aliphatic hydroxyl groups is 1. The molecule has 6 aromatic carbocycles. The molecule has 3 aliphatic heterocycles. The number of thiazole rings is 1. The minimum Gasteiger partial charge on any atom is -0.491 e. The Bertz CT molecular complexity index is 3560. The van der Waals surface area contributed by atoms with E-state index < -0.39 is 77.3 Å². The molecular weight excluding hydrogens is 985 g/mol. The van der Waals surface area contributed by atoms with Gasteiger partial charge in [0.15, 0.2) is 5.13 Å². The molecule has 76 heavy (non-hydrogen) atoms. The zero-order valence-electron chi connectivity index (χ0n) is 41.4. The number of nitrogens with one attached hydrogen (secondary N) is 2. The highest BCUT2D eigenvalue weighted by Gasteiger charge is 2.75. The van der Waals surface area contributed by atoms with Gasteiger partial charge in [0.1, 0.15) is 48.0 Å². The highest BCUT2D eigenvalue weighted by atomic mass is 32.1. The molecule has 5 heterocycles. The fourth-order valence-corrected chi connectivity index (χ4v) is 11.9. The number of benzene rings is 6. The van der Waals surface area contributed by atoms with Gasteiger partial charge in [-0.15, -0.1) is 5.10 Å². The molecule has 17 nitrogen and oxygen atoms in total. The van der Waals surface area contributed by atoms with Gasteiger partial charge in [0.2, 0.25) is 11.8 Å². The van der Waals surface area contributed by atoms with Crippen LogP contribution in [0.5, 0.6) is 5.75 Å².